The first-order valence-corrected chi connectivity index (χ1v) is 19.6. The summed E-state index contributed by atoms with van der Waals surface area (Å²) in [6.07, 6.45) is 0. The summed E-state index contributed by atoms with van der Waals surface area (Å²) in [6, 6.07) is 68.0. The van der Waals surface area contributed by atoms with Gasteiger partial charge in [0.05, 0.1) is 11.4 Å². The summed E-state index contributed by atoms with van der Waals surface area (Å²) in [4.78, 5) is 10.7. The lowest BCUT2D eigenvalue weighted by atomic mass is 9.74. The van der Waals surface area contributed by atoms with Crippen molar-refractivity contribution in [2.24, 2.45) is 0 Å². The van der Waals surface area contributed by atoms with Gasteiger partial charge in [0.1, 0.15) is 0 Å². The molecule has 0 fully saturated rings. The molecule has 0 N–H and O–H groups in total. The Kier molecular flexibility index (Phi) is 7.20. The molecule has 0 amide bonds. The number of hydrogen-bond acceptors (Lipinski definition) is 3. The van der Waals surface area contributed by atoms with E-state index in [1.807, 2.05) is 11.3 Å². The van der Waals surface area contributed by atoms with Crippen LogP contribution < -0.4 is 0 Å². The van der Waals surface area contributed by atoms with Crippen LogP contribution in [0.4, 0.5) is 0 Å². The molecule has 1 aliphatic rings. The lowest BCUT2D eigenvalue weighted by molar-refractivity contribution is 0.714. The second-order valence-electron chi connectivity index (χ2n) is 14.6. The summed E-state index contributed by atoms with van der Waals surface area (Å²) in [6.45, 7) is 2.36. The first-order valence-electron chi connectivity index (χ1n) is 18.8. The minimum Gasteiger partial charge on any atom is -0.228 e. The molecule has 0 radical (unpaired) electrons. The largest absolute Gasteiger partial charge is 0.228 e. The molecule has 2 heterocycles. The molecule has 10 aromatic rings. The number of fused-ring (bicyclic) bond motifs is 7. The predicted octanol–water partition coefficient (Wildman–Crippen LogP) is 14.0. The number of nitrogens with zero attached hydrogens (tertiary/aromatic N) is 2. The molecular formula is C52H34N2S. The normalized spacial score (nSPS) is 14.7. The van der Waals surface area contributed by atoms with Gasteiger partial charge in [0.15, 0.2) is 5.82 Å². The lowest BCUT2D eigenvalue weighted by Gasteiger charge is -2.28. The zero-order valence-corrected chi connectivity index (χ0v) is 31.0. The predicted molar refractivity (Wildman–Crippen MR) is 232 cm³/mol. The van der Waals surface area contributed by atoms with E-state index in [0.29, 0.717) is 0 Å². The van der Waals surface area contributed by atoms with Crippen molar-refractivity contribution in [3.05, 3.63) is 205 Å². The van der Waals surface area contributed by atoms with Crippen LogP contribution >= 0.6 is 11.3 Å². The maximum absolute atomic E-state index is 5.42. The molecular weight excluding hydrogens is 685 g/mol. The van der Waals surface area contributed by atoms with Crippen LogP contribution in [0.15, 0.2) is 188 Å². The fourth-order valence-corrected chi connectivity index (χ4v) is 9.94. The number of hydrogen-bond donors (Lipinski definition) is 0. The van der Waals surface area contributed by atoms with Gasteiger partial charge in [0, 0.05) is 42.3 Å². The number of aromatic nitrogens is 2. The fourth-order valence-electron chi connectivity index (χ4n) is 8.85. The highest BCUT2D eigenvalue weighted by Gasteiger charge is 2.41. The Labute approximate surface area is 324 Å². The lowest BCUT2D eigenvalue weighted by Crippen LogP contribution is -2.22. The summed E-state index contributed by atoms with van der Waals surface area (Å²) in [5.74, 6) is 0.720. The van der Waals surface area contributed by atoms with Crippen LogP contribution in [0.25, 0.3) is 87.1 Å². The summed E-state index contributed by atoms with van der Waals surface area (Å²) >= 11 is 1.85. The van der Waals surface area contributed by atoms with Gasteiger partial charge < -0.3 is 0 Å². The SMILES string of the molecule is CC1(c2ccccc2)c2ccccc2-c2c(-c3cc(-c4ccc(-c5ccc6sc7ccccc7c6c5)cc4)nc(-c4cccc5ccccc45)n3)cccc21. The van der Waals surface area contributed by atoms with Gasteiger partial charge in [-0.15, -0.1) is 11.3 Å². The molecule has 258 valence electrons. The van der Waals surface area contributed by atoms with E-state index < -0.39 is 0 Å². The van der Waals surface area contributed by atoms with E-state index in [1.54, 1.807) is 0 Å². The molecule has 1 aliphatic carbocycles. The maximum atomic E-state index is 5.42. The Morgan fingerprint density at radius 1 is 0.418 bits per heavy atom. The summed E-state index contributed by atoms with van der Waals surface area (Å²) < 4.78 is 2.64. The third-order valence-corrected chi connectivity index (χ3v) is 12.8. The number of rotatable bonds is 5. The monoisotopic (exact) mass is 718 g/mol. The van der Waals surface area contributed by atoms with Gasteiger partial charge in [-0.25, -0.2) is 9.97 Å². The van der Waals surface area contributed by atoms with E-state index in [1.165, 1.54) is 64.5 Å². The molecule has 2 nitrogen and oxygen atoms in total. The van der Waals surface area contributed by atoms with Crippen LogP contribution in [0.1, 0.15) is 23.6 Å². The van der Waals surface area contributed by atoms with Crippen molar-refractivity contribution in [2.75, 3.05) is 0 Å². The average molecular weight is 719 g/mol. The van der Waals surface area contributed by atoms with Crippen LogP contribution in [0, 0.1) is 0 Å². The van der Waals surface area contributed by atoms with Gasteiger partial charge in [0.2, 0.25) is 0 Å². The Hall–Kier alpha value is -6.68. The molecule has 11 rings (SSSR count). The van der Waals surface area contributed by atoms with Crippen LogP contribution in [-0.2, 0) is 5.41 Å². The maximum Gasteiger partial charge on any atom is 0.161 e. The van der Waals surface area contributed by atoms with Crippen molar-refractivity contribution < 1.29 is 0 Å². The third kappa shape index (κ3) is 5.01. The van der Waals surface area contributed by atoms with Crippen LogP contribution in [0.5, 0.6) is 0 Å². The molecule has 2 aromatic heterocycles. The van der Waals surface area contributed by atoms with E-state index >= 15 is 0 Å². The molecule has 1 unspecified atom stereocenters. The molecule has 0 saturated heterocycles. The van der Waals surface area contributed by atoms with Crippen LogP contribution in [-0.4, -0.2) is 9.97 Å². The second-order valence-corrected chi connectivity index (χ2v) is 15.7. The van der Waals surface area contributed by atoms with Crippen molar-refractivity contribution >= 4 is 42.3 Å². The van der Waals surface area contributed by atoms with Crippen molar-refractivity contribution in [3.8, 4) is 56.2 Å². The Morgan fingerprint density at radius 2 is 1.04 bits per heavy atom. The molecule has 0 aliphatic heterocycles. The van der Waals surface area contributed by atoms with Gasteiger partial charge >= 0.3 is 0 Å². The molecule has 3 heteroatoms. The highest BCUT2D eigenvalue weighted by atomic mass is 32.1. The first-order chi connectivity index (χ1) is 27.1. The third-order valence-electron chi connectivity index (χ3n) is 11.6. The highest BCUT2D eigenvalue weighted by molar-refractivity contribution is 7.25. The number of thiophene rings is 1. The fraction of sp³-hybridized carbons (Fsp3) is 0.0385. The van der Waals surface area contributed by atoms with Crippen LogP contribution in [0.2, 0.25) is 0 Å². The Bertz CT molecular complexity index is 3100. The summed E-state index contributed by atoms with van der Waals surface area (Å²) in [7, 11) is 0. The van der Waals surface area contributed by atoms with Crippen molar-refractivity contribution in [1.82, 2.24) is 9.97 Å². The molecule has 8 aromatic carbocycles. The topological polar surface area (TPSA) is 25.8 Å². The minimum atomic E-state index is -0.300. The molecule has 0 saturated carbocycles. The van der Waals surface area contributed by atoms with Gasteiger partial charge in [-0.05, 0) is 80.9 Å². The first kappa shape index (κ1) is 31.8. The van der Waals surface area contributed by atoms with Gasteiger partial charge in [-0.3, -0.25) is 0 Å². The molecule has 0 spiro atoms. The molecule has 0 bridgehead atoms. The van der Waals surface area contributed by atoms with E-state index in [0.717, 1.165) is 39.3 Å². The molecule has 55 heavy (non-hydrogen) atoms. The Morgan fingerprint density at radius 3 is 1.93 bits per heavy atom. The number of benzene rings is 8. The van der Waals surface area contributed by atoms with E-state index in [9.17, 15) is 0 Å². The minimum absolute atomic E-state index is 0.300. The smallest absolute Gasteiger partial charge is 0.161 e. The zero-order valence-electron chi connectivity index (χ0n) is 30.2. The van der Waals surface area contributed by atoms with Gasteiger partial charge in [-0.2, -0.15) is 0 Å². The quantitative estimate of drug-likeness (QED) is 0.177. The van der Waals surface area contributed by atoms with Crippen molar-refractivity contribution in [1.29, 1.82) is 0 Å². The highest BCUT2D eigenvalue weighted by Crippen LogP contribution is 2.55. The summed E-state index contributed by atoms with van der Waals surface area (Å²) in [5, 5.41) is 4.93. The van der Waals surface area contributed by atoms with Crippen molar-refractivity contribution in [3.63, 3.8) is 0 Å². The zero-order chi connectivity index (χ0) is 36.5. The van der Waals surface area contributed by atoms with Crippen molar-refractivity contribution in [2.45, 2.75) is 12.3 Å². The van der Waals surface area contributed by atoms with Gasteiger partial charge in [0.25, 0.3) is 0 Å². The van der Waals surface area contributed by atoms with Crippen LogP contribution in [0.3, 0.4) is 0 Å². The molecule has 1 atom stereocenters. The van der Waals surface area contributed by atoms with E-state index in [4.69, 9.17) is 9.97 Å². The standard InChI is InChI=1S/C52H34N2S/c1-52(37-15-3-2-4-16-37)44-22-9-7-19-41(44)50-42(21-12-23-45(50)52)47-32-46(53-51(54-47)40-20-11-14-34-13-5-6-17-38(34)40)35-27-25-33(26-28-35)36-29-30-49-43(31-36)39-18-8-10-24-48(39)55-49/h2-32H,1H3. The van der Waals surface area contributed by atoms with E-state index in [2.05, 4.69) is 195 Å². The van der Waals surface area contributed by atoms with E-state index in [-0.39, 0.29) is 5.41 Å². The van der Waals surface area contributed by atoms with Gasteiger partial charge in [-0.1, -0.05) is 164 Å². The second kappa shape index (κ2) is 12.4. The summed E-state index contributed by atoms with van der Waals surface area (Å²) in [5.41, 5.74) is 13.5. The average Bonchev–Trinajstić information content (AvgIpc) is 3.76. The Balaban J connectivity index is 1.09.